The summed E-state index contributed by atoms with van der Waals surface area (Å²) >= 11 is 6.18. The molecule has 0 aliphatic rings. The number of primary amides is 1. The molecular weight excluding hydrogens is 414 g/mol. The van der Waals surface area contributed by atoms with Crippen molar-refractivity contribution in [1.29, 1.82) is 0 Å². The number of aliphatic hydroxyl groups is 1. The van der Waals surface area contributed by atoms with Crippen molar-refractivity contribution in [3.05, 3.63) is 69.5 Å². The maximum atomic E-state index is 13.6. The molecule has 3 aromatic rings. The van der Waals surface area contributed by atoms with Gasteiger partial charge in [0.1, 0.15) is 11.9 Å². The van der Waals surface area contributed by atoms with Crippen molar-refractivity contribution in [3.8, 4) is 11.4 Å². The van der Waals surface area contributed by atoms with Gasteiger partial charge in [-0.15, -0.1) is 0 Å². The summed E-state index contributed by atoms with van der Waals surface area (Å²) < 4.78 is 1.41. The number of nitrogens with zero attached hydrogens (tertiary/aromatic N) is 2. The Morgan fingerprint density at radius 2 is 2.10 bits per heavy atom. The third-order valence-electron chi connectivity index (χ3n) is 5.08. The number of aliphatic hydroxyl groups excluding tert-OH is 1. The van der Waals surface area contributed by atoms with Gasteiger partial charge in [0, 0.05) is 17.2 Å². The Kier molecular flexibility index (Phi) is 7.60. The van der Waals surface area contributed by atoms with Crippen molar-refractivity contribution < 1.29 is 9.90 Å². The summed E-state index contributed by atoms with van der Waals surface area (Å²) in [6.07, 6.45) is 6.26. The number of fused-ring (bicyclic) bond motifs is 1. The van der Waals surface area contributed by atoms with E-state index in [9.17, 15) is 9.59 Å². The minimum Gasteiger partial charge on any atom is -0.396 e. The van der Waals surface area contributed by atoms with E-state index >= 15 is 0 Å². The van der Waals surface area contributed by atoms with Gasteiger partial charge in [0.15, 0.2) is 0 Å². The van der Waals surface area contributed by atoms with Crippen LogP contribution in [0.1, 0.15) is 44.2 Å². The summed E-state index contributed by atoms with van der Waals surface area (Å²) in [5.74, 6) is -0.206. The number of hydrogen-bond acceptors (Lipinski definition) is 4. The lowest BCUT2D eigenvalue weighted by Gasteiger charge is -2.21. The number of amides is 1. The van der Waals surface area contributed by atoms with Crippen molar-refractivity contribution in [2.45, 2.75) is 38.6 Å². The van der Waals surface area contributed by atoms with E-state index in [2.05, 4.69) is 0 Å². The lowest BCUT2D eigenvalue weighted by atomic mass is 10.1. The first-order valence-electron chi connectivity index (χ1n) is 10.3. The molecule has 2 aromatic carbocycles. The fourth-order valence-corrected chi connectivity index (χ4v) is 3.72. The molecule has 6 nitrogen and oxygen atoms in total. The van der Waals surface area contributed by atoms with E-state index in [1.165, 1.54) is 4.57 Å². The second-order valence-corrected chi connectivity index (χ2v) is 7.81. The number of carbonyl (C=O) groups excluding carboxylic acids is 1. The molecular formula is C24H26ClN3O3. The fraction of sp³-hybridized carbons (Fsp3) is 0.292. The van der Waals surface area contributed by atoms with Crippen LogP contribution >= 0.6 is 11.6 Å². The van der Waals surface area contributed by atoms with E-state index in [0.717, 1.165) is 18.4 Å². The van der Waals surface area contributed by atoms with E-state index in [1.807, 2.05) is 25.1 Å². The molecule has 0 radical (unpaired) electrons. The molecule has 0 aliphatic carbocycles. The van der Waals surface area contributed by atoms with Gasteiger partial charge < -0.3 is 10.8 Å². The number of unbranched alkanes of at least 4 members (excludes halogenated alkanes) is 1. The highest BCUT2D eigenvalue weighted by Gasteiger charge is 2.24. The highest BCUT2D eigenvalue weighted by Crippen LogP contribution is 2.27. The van der Waals surface area contributed by atoms with Crippen molar-refractivity contribution in [2.75, 3.05) is 6.61 Å². The van der Waals surface area contributed by atoms with Crippen LogP contribution in [0.15, 0.2) is 53.3 Å². The van der Waals surface area contributed by atoms with Crippen LogP contribution in [0.2, 0.25) is 5.02 Å². The molecule has 162 valence electrons. The smallest absolute Gasteiger partial charge is 0.262 e. The van der Waals surface area contributed by atoms with E-state index < -0.39 is 11.9 Å². The molecule has 1 unspecified atom stereocenters. The topological polar surface area (TPSA) is 98.2 Å². The highest BCUT2D eigenvalue weighted by atomic mass is 35.5. The van der Waals surface area contributed by atoms with Gasteiger partial charge in [-0.05, 0) is 42.7 Å². The minimum atomic E-state index is -0.813. The summed E-state index contributed by atoms with van der Waals surface area (Å²) in [5, 5.41) is 9.88. The van der Waals surface area contributed by atoms with Crippen molar-refractivity contribution in [1.82, 2.24) is 9.55 Å². The number of carbonyl (C=O) groups is 1. The monoisotopic (exact) mass is 439 g/mol. The first kappa shape index (κ1) is 22.7. The van der Waals surface area contributed by atoms with Crippen molar-refractivity contribution >= 4 is 34.5 Å². The Morgan fingerprint density at radius 3 is 2.77 bits per heavy atom. The Labute approximate surface area is 186 Å². The second kappa shape index (κ2) is 10.4. The summed E-state index contributed by atoms with van der Waals surface area (Å²) in [5.41, 5.74) is 7.37. The molecule has 0 saturated heterocycles. The van der Waals surface area contributed by atoms with Gasteiger partial charge in [-0.25, -0.2) is 4.98 Å². The van der Waals surface area contributed by atoms with E-state index in [0.29, 0.717) is 40.2 Å². The Morgan fingerprint density at radius 1 is 1.29 bits per heavy atom. The molecule has 1 amide bonds. The maximum absolute atomic E-state index is 13.6. The number of hydrogen-bond donors (Lipinski definition) is 2. The van der Waals surface area contributed by atoms with Crippen LogP contribution in [-0.2, 0) is 4.79 Å². The van der Waals surface area contributed by atoms with Gasteiger partial charge in [-0.1, -0.05) is 61.7 Å². The Balaban J connectivity index is 2.28. The molecule has 0 saturated carbocycles. The molecule has 1 atom stereocenters. The fourth-order valence-electron chi connectivity index (χ4n) is 3.53. The number of aromatic nitrogens is 2. The number of rotatable bonds is 9. The van der Waals surface area contributed by atoms with E-state index in [4.69, 9.17) is 27.4 Å². The van der Waals surface area contributed by atoms with Crippen LogP contribution in [0.3, 0.4) is 0 Å². The standard InChI is InChI=1S/C24H26ClN3O3/c1-2-3-10-21(22(26)30)28-23(17-8-6-9-18(25)15-17)27-20-12-11-16(7-4-5-13-29)14-19(20)24(28)31/h4,6-9,11-12,14-15,21,29H,2-3,5,10,13H2,1H3,(H2,26,30). The van der Waals surface area contributed by atoms with Gasteiger partial charge in [-0.3, -0.25) is 14.2 Å². The minimum absolute atomic E-state index is 0.0547. The van der Waals surface area contributed by atoms with Crippen molar-refractivity contribution in [2.24, 2.45) is 5.73 Å². The molecule has 1 aromatic heterocycles. The van der Waals surface area contributed by atoms with E-state index in [1.54, 1.807) is 36.4 Å². The molecule has 1 heterocycles. The van der Waals surface area contributed by atoms with Crippen LogP contribution in [0.25, 0.3) is 28.4 Å². The second-order valence-electron chi connectivity index (χ2n) is 7.37. The summed E-state index contributed by atoms with van der Waals surface area (Å²) in [7, 11) is 0. The largest absolute Gasteiger partial charge is 0.396 e. The molecule has 0 spiro atoms. The zero-order chi connectivity index (χ0) is 22.4. The Bertz CT molecular complexity index is 1170. The molecule has 7 heteroatoms. The molecule has 0 fully saturated rings. The maximum Gasteiger partial charge on any atom is 0.262 e. The van der Waals surface area contributed by atoms with Crippen LogP contribution in [0.5, 0.6) is 0 Å². The van der Waals surface area contributed by atoms with Gasteiger partial charge in [0.25, 0.3) is 5.56 Å². The van der Waals surface area contributed by atoms with Gasteiger partial charge >= 0.3 is 0 Å². The van der Waals surface area contributed by atoms with Gasteiger partial charge in [0.05, 0.1) is 10.9 Å². The molecule has 0 aliphatic heterocycles. The quantitative estimate of drug-likeness (QED) is 0.518. The summed E-state index contributed by atoms with van der Waals surface area (Å²) in [6.45, 7) is 2.07. The SMILES string of the molecule is CCCCC(C(N)=O)n1c(-c2cccc(Cl)c2)nc2ccc(C=CCCO)cc2c1=O. The zero-order valence-electron chi connectivity index (χ0n) is 17.4. The van der Waals surface area contributed by atoms with Crippen molar-refractivity contribution in [3.63, 3.8) is 0 Å². The number of nitrogens with two attached hydrogens (primary N) is 1. The summed E-state index contributed by atoms with van der Waals surface area (Å²) in [6, 6.07) is 11.6. The van der Waals surface area contributed by atoms with Crippen LogP contribution in [0.4, 0.5) is 0 Å². The third-order valence-corrected chi connectivity index (χ3v) is 5.32. The highest BCUT2D eigenvalue weighted by molar-refractivity contribution is 6.30. The first-order valence-corrected chi connectivity index (χ1v) is 10.7. The lowest BCUT2D eigenvalue weighted by Crippen LogP contribution is -2.35. The van der Waals surface area contributed by atoms with Crippen LogP contribution < -0.4 is 11.3 Å². The van der Waals surface area contributed by atoms with Gasteiger partial charge in [-0.2, -0.15) is 0 Å². The predicted octanol–water partition coefficient (Wildman–Crippen LogP) is 4.33. The third kappa shape index (κ3) is 5.21. The molecule has 31 heavy (non-hydrogen) atoms. The number of halogens is 1. The molecule has 0 bridgehead atoms. The average molecular weight is 440 g/mol. The molecule has 3 N–H and O–H groups in total. The van der Waals surface area contributed by atoms with E-state index in [-0.39, 0.29) is 12.2 Å². The number of benzene rings is 2. The average Bonchev–Trinajstić information content (AvgIpc) is 2.75. The predicted molar refractivity (Wildman–Crippen MR) is 125 cm³/mol. The lowest BCUT2D eigenvalue weighted by molar-refractivity contribution is -0.121. The summed E-state index contributed by atoms with van der Waals surface area (Å²) in [4.78, 5) is 30.7. The van der Waals surface area contributed by atoms with Crippen LogP contribution in [0, 0.1) is 0 Å². The first-order chi connectivity index (χ1) is 15.0. The Hall–Kier alpha value is -2.96. The van der Waals surface area contributed by atoms with Crippen LogP contribution in [-0.4, -0.2) is 27.2 Å². The zero-order valence-corrected chi connectivity index (χ0v) is 18.2. The molecule has 3 rings (SSSR count). The normalized spacial score (nSPS) is 12.5. The van der Waals surface area contributed by atoms with Gasteiger partial charge in [0.2, 0.25) is 5.91 Å².